The highest BCUT2D eigenvalue weighted by molar-refractivity contribution is 5.88. The van der Waals surface area contributed by atoms with Gasteiger partial charge in [-0.2, -0.15) is 0 Å². The Bertz CT molecular complexity index is 660. The van der Waals surface area contributed by atoms with Crippen LogP contribution in [0.25, 0.3) is 0 Å². The van der Waals surface area contributed by atoms with Gasteiger partial charge in [-0.25, -0.2) is 0 Å². The Hall–Kier alpha value is -1.67. The van der Waals surface area contributed by atoms with Gasteiger partial charge in [0.2, 0.25) is 0 Å². The zero-order valence-corrected chi connectivity index (χ0v) is 18.6. The smallest absolute Gasteiger partial charge is 0.170 e. The third-order valence-electron chi connectivity index (χ3n) is 6.03. The second-order valence-electron chi connectivity index (χ2n) is 8.60. The van der Waals surface area contributed by atoms with E-state index in [1.54, 1.807) is 0 Å². The topological polar surface area (TPSA) is 72.0 Å². The number of Topliss-reactive ketones (excluding diaryl/α,β-unsaturated/α-hetero) is 1. The van der Waals surface area contributed by atoms with Crippen molar-refractivity contribution in [3.8, 4) is 11.8 Å². The molecular formula is C25H39NO3. The lowest BCUT2D eigenvalue weighted by molar-refractivity contribution is -0.146. The summed E-state index contributed by atoms with van der Waals surface area (Å²) < 4.78 is 0. The summed E-state index contributed by atoms with van der Waals surface area (Å²) in [5, 5.41) is 11.6. The van der Waals surface area contributed by atoms with E-state index >= 15 is 0 Å². The summed E-state index contributed by atoms with van der Waals surface area (Å²) in [4.78, 5) is 15.5. The third-order valence-corrected chi connectivity index (χ3v) is 6.03. The summed E-state index contributed by atoms with van der Waals surface area (Å²) in [5.74, 6) is 6.31. The molecule has 2 rings (SSSR count). The standard InChI is InChI=1S/C25H37NO2.H2O/c1-20(2)26(21(3)4)19-13-7-12-18-24(27)25(28,22-14-8-5-9-15-22)23-16-10-6-11-17-23;/h5,8-9,14-15,20-21,23,28H,6,10-12,16-19H2,1-4H3;1H2. The molecule has 1 fully saturated rings. The summed E-state index contributed by atoms with van der Waals surface area (Å²) >= 11 is 0. The van der Waals surface area contributed by atoms with E-state index in [0.717, 1.165) is 37.8 Å². The minimum atomic E-state index is -1.37. The number of nitrogens with zero attached hydrogens (tertiary/aromatic N) is 1. The molecular weight excluding hydrogens is 362 g/mol. The average molecular weight is 402 g/mol. The van der Waals surface area contributed by atoms with Gasteiger partial charge in [0.1, 0.15) is 0 Å². The molecule has 4 nitrogen and oxygen atoms in total. The van der Waals surface area contributed by atoms with Crippen LogP contribution in [0.4, 0.5) is 0 Å². The van der Waals surface area contributed by atoms with Crippen molar-refractivity contribution in [2.24, 2.45) is 5.92 Å². The summed E-state index contributed by atoms with van der Waals surface area (Å²) in [7, 11) is 0. The zero-order valence-electron chi connectivity index (χ0n) is 18.6. The van der Waals surface area contributed by atoms with Crippen LogP contribution < -0.4 is 0 Å². The summed E-state index contributed by atoms with van der Waals surface area (Å²) in [5.41, 5.74) is -0.628. The first kappa shape index (κ1) is 25.4. The van der Waals surface area contributed by atoms with E-state index in [-0.39, 0.29) is 17.2 Å². The number of hydrogen-bond acceptors (Lipinski definition) is 3. The fourth-order valence-electron chi connectivity index (χ4n) is 4.40. The molecule has 162 valence electrons. The van der Waals surface area contributed by atoms with Gasteiger partial charge in [0.25, 0.3) is 0 Å². The minimum Gasteiger partial charge on any atom is -0.412 e. The van der Waals surface area contributed by atoms with Crippen molar-refractivity contribution in [2.75, 3.05) is 6.54 Å². The van der Waals surface area contributed by atoms with E-state index in [4.69, 9.17) is 0 Å². The molecule has 0 amide bonds. The van der Waals surface area contributed by atoms with E-state index in [1.807, 2.05) is 30.3 Å². The quantitative estimate of drug-likeness (QED) is 0.667. The monoisotopic (exact) mass is 401 g/mol. The van der Waals surface area contributed by atoms with E-state index < -0.39 is 5.60 Å². The van der Waals surface area contributed by atoms with Gasteiger partial charge >= 0.3 is 0 Å². The molecule has 1 aromatic carbocycles. The maximum Gasteiger partial charge on any atom is 0.170 e. The van der Waals surface area contributed by atoms with Crippen molar-refractivity contribution in [3.05, 3.63) is 35.9 Å². The van der Waals surface area contributed by atoms with Crippen LogP contribution in [-0.4, -0.2) is 39.9 Å². The van der Waals surface area contributed by atoms with Crippen molar-refractivity contribution in [1.29, 1.82) is 0 Å². The number of benzene rings is 1. The molecule has 1 aliphatic carbocycles. The van der Waals surface area contributed by atoms with Gasteiger partial charge in [-0.15, -0.1) is 5.92 Å². The molecule has 0 bridgehead atoms. The Kier molecular flexibility index (Phi) is 10.6. The predicted octanol–water partition coefficient (Wildman–Crippen LogP) is 4.10. The molecule has 3 N–H and O–H groups in total. The Labute approximate surface area is 177 Å². The molecule has 0 aliphatic heterocycles. The van der Waals surface area contributed by atoms with Gasteiger partial charge in [0.15, 0.2) is 11.4 Å². The van der Waals surface area contributed by atoms with E-state index in [0.29, 0.717) is 24.9 Å². The van der Waals surface area contributed by atoms with Gasteiger partial charge in [-0.1, -0.05) is 55.5 Å². The third kappa shape index (κ3) is 6.67. The van der Waals surface area contributed by atoms with Crippen LogP contribution in [0.15, 0.2) is 30.3 Å². The number of hydrogen-bond donors (Lipinski definition) is 1. The fraction of sp³-hybridized carbons (Fsp3) is 0.640. The summed E-state index contributed by atoms with van der Waals surface area (Å²) in [6.45, 7) is 9.42. The van der Waals surface area contributed by atoms with E-state index in [1.165, 1.54) is 6.42 Å². The Balaban J connectivity index is 0.00000420. The second-order valence-corrected chi connectivity index (χ2v) is 8.60. The first-order valence-electron chi connectivity index (χ1n) is 10.9. The number of ketones is 1. The molecule has 1 atom stereocenters. The molecule has 29 heavy (non-hydrogen) atoms. The first-order chi connectivity index (χ1) is 13.4. The van der Waals surface area contributed by atoms with Crippen LogP contribution in [-0.2, 0) is 10.4 Å². The van der Waals surface area contributed by atoms with Crippen molar-refractivity contribution < 1.29 is 15.4 Å². The maximum absolute atomic E-state index is 13.1. The molecule has 1 unspecified atom stereocenters. The molecule has 0 aromatic heterocycles. The molecule has 1 saturated carbocycles. The van der Waals surface area contributed by atoms with Crippen LogP contribution in [0.2, 0.25) is 0 Å². The lowest BCUT2D eigenvalue weighted by atomic mass is 9.70. The highest BCUT2D eigenvalue weighted by Crippen LogP contribution is 2.40. The average Bonchev–Trinajstić information content (AvgIpc) is 2.70. The first-order valence-corrected chi connectivity index (χ1v) is 10.9. The van der Waals surface area contributed by atoms with Crippen LogP contribution in [0.1, 0.15) is 78.2 Å². The van der Waals surface area contributed by atoms with Gasteiger partial charge in [0.05, 0.1) is 6.54 Å². The minimum absolute atomic E-state index is 0. The number of carbonyl (C=O) groups is 1. The normalized spacial score (nSPS) is 16.8. The van der Waals surface area contributed by atoms with Gasteiger partial charge in [-0.3, -0.25) is 9.69 Å². The van der Waals surface area contributed by atoms with Gasteiger partial charge < -0.3 is 10.6 Å². The Morgan fingerprint density at radius 1 is 1.07 bits per heavy atom. The Morgan fingerprint density at radius 2 is 1.66 bits per heavy atom. The van der Waals surface area contributed by atoms with Crippen molar-refractivity contribution in [3.63, 3.8) is 0 Å². The Morgan fingerprint density at radius 3 is 2.21 bits per heavy atom. The van der Waals surface area contributed by atoms with Gasteiger partial charge in [0, 0.05) is 24.9 Å². The largest absolute Gasteiger partial charge is 0.412 e. The second kappa shape index (κ2) is 12.1. The van der Waals surface area contributed by atoms with Crippen LogP contribution in [0.5, 0.6) is 0 Å². The van der Waals surface area contributed by atoms with Crippen LogP contribution in [0.3, 0.4) is 0 Å². The van der Waals surface area contributed by atoms with E-state index in [2.05, 4.69) is 44.4 Å². The van der Waals surface area contributed by atoms with Crippen molar-refractivity contribution in [2.45, 2.75) is 90.3 Å². The number of rotatable bonds is 8. The van der Waals surface area contributed by atoms with Crippen LogP contribution >= 0.6 is 0 Å². The van der Waals surface area contributed by atoms with Crippen molar-refractivity contribution in [1.82, 2.24) is 4.90 Å². The lowest BCUT2D eigenvalue weighted by Crippen LogP contribution is -2.44. The zero-order chi connectivity index (χ0) is 20.6. The van der Waals surface area contributed by atoms with Crippen molar-refractivity contribution >= 4 is 5.78 Å². The van der Waals surface area contributed by atoms with Crippen LogP contribution in [0, 0.1) is 17.8 Å². The fourth-order valence-corrected chi connectivity index (χ4v) is 4.40. The predicted molar refractivity (Wildman–Crippen MR) is 120 cm³/mol. The molecule has 0 saturated heterocycles. The summed E-state index contributed by atoms with van der Waals surface area (Å²) in [6.07, 6.45) is 6.02. The number of carbonyl (C=O) groups excluding carboxylic acids is 1. The molecule has 4 heteroatoms. The SMILES string of the molecule is CC(C)N(CC#CCCC(=O)C(O)(c1ccccc1)C1CCCCC1)C(C)C.O. The highest BCUT2D eigenvalue weighted by atomic mass is 16.3. The summed E-state index contributed by atoms with van der Waals surface area (Å²) in [6, 6.07) is 10.4. The van der Waals surface area contributed by atoms with Gasteiger partial charge in [-0.05, 0) is 52.0 Å². The molecule has 0 radical (unpaired) electrons. The molecule has 0 heterocycles. The van der Waals surface area contributed by atoms with E-state index in [9.17, 15) is 9.90 Å². The lowest BCUT2D eigenvalue weighted by Gasteiger charge is -2.37. The molecule has 0 spiro atoms. The maximum atomic E-state index is 13.1. The molecule has 1 aromatic rings. The highest BCUT2D eigenvalue weighted by Gasteiger charge is 2.44. The molecule has 1 aliphatic rings. The number of aliphatic hydroxyl groups is 1.